The van der Waals surface area contributed by atoms with Crippen molar-refractivity contribution < 1.29 is 4.74 Å². The Kier molecular flexibility index (Phi) is 4.91. The van der Waals surface area contributed by atoms with E-state index in [-0.39, 0.29) is 11.6 Å². The maximum Gasteiger partial charge on any atom is 0.0686 e. The number of halogens is 2. The lowest BCUT2D eigenvalue weighted by Crippen LogP contribution is -2.43. The van der Waals surface area contributed by atoms with Crippen molar-refractivity contribution in [2.24, 2.45) is 11.8 Å². The Balaban J connectivity index is 1.82. The zero-order chi connectivity index (χ0) is 14.9. The van der Waals surface area contributed by atoms with Gasteiger partial charge in [0.15, 0.2) is 0 Å². The number of hydrazine groups is 1. The zero-order valence-electron chi connectivity index (χ0n) is 12.1. The number of nitrogens with two attached hydrogens (primary N) is 1. The second-order valence-corrected chi connectivity index (χ2v) is 7.69. The molecule has 1 saturated heterocycles. The van der Waals surface area contributed by atoms with Gasteiger partial charge in [0.1, 0.15) is 0 Å². The molecule has 1 heterocycles. The second-order valence-electron chi connectivity index (χ2n) is 6.34. The molecule has 0 bridgehead atoms. The minimum Gasteiger partial charge on any atom is -0.375 e. The van der Waals surface area contributed by atoms with Crippen molar-refractivity contribution in [3.05, 3.63) is 33.3 Å². The molecule has 1 aliphatic carbocycles. The maximum atomic E-state index is 6.19. The molecule has 1 aromatic rings. The highest BCUT2D eigenvalue weighted by atomic mass is 79.9. The Morgan fingerprint density at radius 2 is 2.10 bits per heavy atom. The number of hydrogen-bond donors (Lipinski definition) is 2. The van der Waals surface area contributed by atoms with Gasteiger partial charge in [-0.1, -0.05) is 40.4 Å². The summed E-state index contributed by atoms with van der Waals surface area (Å²) in [4.78, 5) is 0. The van der Waals surface area contributed by atoms with Crippen LogP contribution < -0.4 is 11.3 Å². The van der Waals surface area contributed by atoms with Crippen molar-refractivity contribution in [3.8, 4) is 0 Å². The zero-order valence-corrected chi connectivity index (χ0v) is 14.4. The summed E-state index contributed by atoms with van der Waals surface area (Å²) in [7, 11) is 0. The summed E-state index contributed by atoms with van der Waals surface area (Å²) in [5.74, 6) is 6.37. The molecule has 3 rings (SSSR count). The van der Waals surface area contributed by atoms with Gasteiger partial charge in [-0.15, -0.1) is 0 Å². The van der Waals surface area contributed by atoms with E-state index in [4.69, 9.17) is 22.2 Å². The first kappa shape index (κ1) is 15.8. The Morgan fingerprint density at radius 1 is 1.33 bits per heavy atom. The van der Waals surface area contributed by atoms with Crippen LogP contribution in [-0.2, 0) is 4.74 Å². The lowest BCUT2D eigenvalue weighted by Gasteiger charge is -2.41. The van der Waals surface area contributed by atoms with E-state index in [1.165, 1.54) is 25.7 Å². The van der Waals surface area contributed by atoms with Crippen LogP contribution in [0.2, 0.25) is 5.02 Å². The van der Waals surface area contributed by atoms with E-state index < -0.39 is 0 Å². The molecule has 2 atom stereocenters. The van der Waals surface area contributed by atoms with Crippen molar-refractivity contribution in [1.82, 2.24) is 5.43 Å². The number of ether oxygens (including phenoxy) is 1. The molecule has 3 N–H and O–H groups in total. The molecule has 1 aliphatic heterocycles. The number of nitrogens with one attached hydrogen (secondary N) is 1. The fraction of sp³-hybridized carbons (Fsp3) is 0.625. The molecule has 21 heavy (non-hydrogen) atoms. The molecule has 0 amide bonds. The van der Waals surface area contributed by atoms with Crippen LogP contribution in [0.4, 0.5) is 0 Å². The van der Waals surface area contributed by atoms with Gasteiger partial charge in [0.25, 0.3) is 0 Å². The number of rotatable bonds is 3. The molecule has 3 nitrogen and oxygen atoms in total. The van der Waals surface area contributed by atoms with Crippen molar-refractivity contribution in [2.45, 2.75) is 50.2 Å². The van der Waals surface area contributed by atoms with Gasteiger partial charge in [0.2, 0.25) is 0 Å². The number of hydrogen-bond acceptors (Lipinski definition) is 3. The second kappa shape index (κ2) is 6.55. The highest BCUT2D eigenvalue weighted by Crippen LogP contribution is 2.45. The van der Waals surface area contributed by atoms with Gasteiger partial charge in [-0.3, -0.25) is 11.3 Å². The standard InChI is InChI=1S/C16H22BrClN2O/c17-13-7-12(8-14(18)9-13)15(20-19)11-3-6-21-16(10-11)4-1-2-5-16/h7-9,11,15,20H,1-6,10,19H2. The molecule has 2 fully saturated rings. The first-order chi connectivity index (χ1) is 10.1. The van der Waals surface area contributed by atoms with E-state index in [1.807, 2.05) is 12.1 Å². The summed E-state index contributed by atoms with van der Waals surface area (Å²) in [5, 5.41) is 0.738. The van der Waals surface area contributed by atoms with Crippen LogP contribution >= 0.6 is 27.5 Å². The van der Waals surface area contributed by atoms with Crippen LogP contribution in [0.25, 0.3) is 0 Å². The predicted molar refractivity (Wildman–Crippen MR) is 89.1 cm³/mol. The highest BCUT2D eigenvalue weighted by molar-refractivity contribution is 9.10. The van der Waals surface area contributed by atoms with Gasteiger partial charge >= 0.3 is 0 Å². The fourth-order valence-electron chi connectivity index (χ4n) is 3.98. The van der Waals surface area contributed by atoms with E-state index in [0.29, 0.717) is 5.92 Å². The minimum absolute atomic E-state index is 0.105. The largest absolute Gasteiger partial charge is 0.375 e. The summed E-state index contributed by atoms with van der Waals surface area (Å²) < 4.78 is 7.12. The van der Waals surface area contributed by atoms with Gasteiger partial charge in [-0.2, -0.15) is 0 Å². The summed E-state index contributed by atoms with van der Waals surface area (Å²) in [5.41, 5.74) is 4.27. The van der Waals surface area contributed by atoms with Crippen molar-refractivity contribution in [2.75, 3.05) is 6.61 Å². The normalized spacial score (nSPS) is 26.1. The average Bonchev–Trinajstić information content (AvgIpc) is 2.86. The lowest BCUT2D eigenvalue weighted by atomic mass is 9.79. The molecule has 0 aromatic heterocycles. The minimum atomic E-state index is 0.105. The summed E-state index contributed by atoms with van der Waals surface area (Å²) in [6, 6.07) is 6.14. The molecule has 2 aliphatic rings. The van der Waals surface area contributed by atoms with E-state index >= 15 is 0 Å². The molecule has 1 saturated carbocycles. The van der Waals surface area contributed by atoms with Gasteiger partial charge in [-0.25, -0.2) is 0 Å². The summed E-state index contributed by atoms with van der Waals surface area (Å²) in [6.07, 6.45) is 7.10. The first-order valence-electron chi connectivity index (χ1n) is 7.68. The third-order valence-electron chi connectivity index (χ3n) is 4.94. The first-order valence-corrected chi connectivity index (χ1v) is 8.85. The van der Waals surface area contributed by atoms with Crippen LogP contribution in [-0.4, -0.2) is 12.2 Å². The van der Waals surface area contributed by atoms with Gasteiger partial charge < -0.3 is 4.74 Å². The van der Waals surface area contributed by atoms with Crippen molar-refractivity contribution >= 4 is 27.5 Å². The third-order valence-corrected chi connectivity index (χ3v) is 5.62. The summed E-state index contributed by atoms with van der Waals surface area (Å²) in [6.45, 7) is 0.838. The Morgan fingerprint density at radius 3 is 2.76 bits per heavy atom. The highest BCUT2D eigenvalue weighted by Gasteiger charge is 2.42. The van der Waals surface area contributed by atoms with Crippen LogP contribution in [0.15, 0.2) is 22.7 Å². The van der Waals surface area contributed by atoms with Crippen LogP contribution in [0.3, 0.4) is 0 Å². The van der Waals surface area contributed by atoms with Crippen LogP contribution in [0.5, 0.6) is 0 Å². The van der Waals surface area contributed by atoms with Crippen LogP contribution in [0.1, 0.15) is 50.1 Å². The van der Waals surface area contributed by atoms with E-state index in [0.717, 1.165) is 34.5 Å². The van der Waals surface area contributed by atoms with Gasteiger partial charge in [-0.05, 0) is 55.4 Å². The Hall–Kier alpha value is -0.130. The molecular formula is C16H22BrClN2O. The fourth-order valence-corrected chi connectivity index (χ4v) is 4.86. The van der Waals surface area contributed by atoms with E-state index in [1.54, 1.807) is 0 Å². The van der Waals surface area contributed by atoms with Crippen molar-refractivity contribution in [1.29, 1.82) is 0 Å². The summed E-state index contributed by atoms with van der Waals surface area (Å²) >= 11 is 9.70. The lowest BCUT2D eigenvalue weighted by molar-refractivity contribution is -0.0982. The molecule has 116 valence electrons. The molecule has 1 spiro atoms. The predicted octanol–water partition coefficient (Wildman–Crippen LogP) is 4.35. The molecule has 0 radical (unpaired) electrons. The SMILES string of the molecule is NNC(c1cc(Cl)cc(Br)c1)C1CCOC2(CCCC2)C1. The molecule has 1 aromatic carbocycles. The maximum absolute atomic E-state index is 6.19. The monoisotopic (exact) mass is 372 g/mol. The third kappa shape index (κ3) is 3.45. The van der Waals surface area contributed by atoms with Crippen molar-refractivity contribution in [3.63, 3.8) is 0 Å². The molecule has 5 heteroatoms. The quantitative estimate of drug-likeness (QED) is 0.612. The topological polar surface area (TPSA) is 47.3 Å². The van der Waals surface area contributed by atoms with Crippen LogP contribution in [0, 0.1) is 5.92 Å². The van der Waals surface area contributed by atoms with Gasteiger partial charge in [0.05, 0.1) is 5.60 Å². The molecule has 2 unspecified atom stereocenters. The van der Waals surface area contributed by atoms with E-state index in [9.17, 15) is 0 Å². The average molecular weight is 374 g/mol. The van der Waals surface area contributed by atoms with Gasteiger partial charge in [0, 0.05) is 22.1 Å². The Labute approximate surface area is 139 Å². The van der Waals surface area contributed by atoms with E-state index in [2.05, 4.69) is 27.4 Å². The number of benzene rings is 1. The Bertz CT molecular complexity index is 485. The molecular weight excluding hydrogens is 352 g/mol. The smallest absolute Gasteiger partial charge is 0.0686 e.